The van der Waals surface area contributed by atoms with E-state index in [2.05, 4.69) is 0 Å². The molecule has 0 aliphatic rings. The van der Waals surface area contributed by atoms with Gasteiger partial charge in [-0.1, -0.05) is 6.07 Å². The first-order valence-electron chi connectivity index (χ1n) is 8.51. The zero-order chi connectivity index (χ0) is 20.7. The molecule has 0 saturated heterocycles. The number of nitriles is 1. The van der Waals surface area contributed by atoms with Gasteiger partial charge in [0.25, 0.3) is 0 Å². The van der Waals surface area contributed by atoms with Crippen LogP contribution >= 0.6 is 7.82 Å². The van der Waals surface area contributed by atoms with Crippen molar-refractivity contribution in [2.75, 3.05) is 14.2 Å². The molecular weight excluding hydrogens is 393 g/mol. The Hall–Kier alpha value is -3.62. The van der Waals surface area contributed by atoms with Crippen LogP contribution in [0.25, 0.3) is 0 Å². The van der Waals surface area contributed by atoms with Gasteiger partial charge in [-0.05, 0) is 66.7 Å². The van der Waals surface area contributed by atoms with Gasteiger partial charge in [-0.2, -0.15) is 9.83 Å². The molecule has 0 atom stereocenters. The van der Waals surface area contributed by atoms with E-state index in [1.165, 1.54) is 6.07 Å². The molecule has 0 aliphatic carbocycles. The summed E-state index contributed by atoms with van der Waals surface area (Å²) in [5.41, 5.74) is 0.350. The minimum atomic E-state index is -4.15. The lowest BCUT2D eigenvalue weighted by atomic mass is 10.2. The third kappa shape index (κ3) is 5.44. The lowest BCUT2D eigenvalue weighted by Gasteiger charge is -2.19. The van der Waals surface area contributed by atoms with Crippen molar-refractivity contribution in [1.29, 1.82) is 5.26 Å². The van der Waals surface area contributed by atoms with Crippen molar-refractivity contribution >= 4 is 7.82 Å². The summed E-state index contributed by atoms with van der Waals surface area (Å²) in [7, 11) is -1.07. The summed E-state index contributed by atoms with van der Waals surface area (Å²) >= 11 is 0. The number of nitrogens with zero attached hydrogens (tertiary/aromatic N) is 1. The summed E-state index contributed by atoms with van der Waals surface area (Å²) in [5.74, 6) is 1.93. The van der Waals surface area contributed by atoms with E-state index in [4.69, 9.17) is 28.3 Å². The van der Waals surface area contributed by atoms with Gasteiger partial charge in [0.05, 0.1) is 25.9 Å². The van der Waals surface area contributed by atoms with Gasteiger partial charge in [-0.3, -0.25) is 0 Å². The maximum absolute atomic E-state index is 13.4. The molecule has 0 fully saturated rings. The molecule has 0 aliphatic heterocycles. The monoisotopic (exact) mass is 411 g/mol. The van der Waals surface area contributed by atoms with Crippen LogP contribution in [0, 0.1) is 11.3 Å². The Balaban J connectivity index is 1.89. The SMILES string of the molecule is COc1ccc(OP(=O)(Oc2ccc(OC)cc2)Oc2cccc(C#N)c2)cc1. The van der Waals surface area contributed by atoms with E-state index in [1.54, 1.807) is 80.9 Å². The molecule has 0 spiro atoms. The van der Waals surface area contributed by atoms with E-state index in [0.29, 0.717) is 17.1 Å². The minimum absolute atomic E-state index is 0.175. The molecule has 29 heavy (non-hydrogen) atoms. The fourth-order valence-electron chi connectivity index (χ4n) is 2.34. The fourth-order valence-corrected chi connectivity index (χ4v) is 3.58. The molecule has 3 rings (SSSR count). The van der Waals surface area contributed by atoms with Crippen LogP contribution in [0.1, 0.15) is 5.56 Å². The van der Waals surface area contributed by atoms with Crippen LogP contribution in [0.3, 0.4) is 0 Å². The quantitative estimate of drug-likeness (QED) is 0.470. The third-order valence-electron chi connectivity index (χ3n) is 3.73. The van der Waals surface area contributed by atoms with Gasteiger partial charge < -0.3 is 23.0 Å². The molecule has 0 bridgehead atoms. The van der Waals surface area contributed by atoms with Crippen LogP contribution in [-0.2, 0) is 4.57 Å². The molecule has 3 aromatic rings. The first-order chi connectivity index (χ1) is 14.0. The van der Waals surface area contributed by atoms with E-state index < -0.39 is 7.82 Å². The lowest BCUT2D eigenvalue weighted by Crippen LogP contribution is -2.07. The second-order valence-electron chi connectivity index (χ2n) is 5.71. The number of hydrogen-bond acceptors (Lipinski definition) is 7. The van der Waals surface area contributed by atoms with Gasteiger partial charge in [0.1, 0.15) is 28.7 Å². The van der Waals surface area contributed by atoms with Gasteiger partial charge in [0.2, 0.25) is 0 Å². The van der Waals surface area contributed by atoms with Crippen molar-refractivity contribution in [2.24, 2.45) is 0 Å². The largest absolute Gasteiger partial charge is 0.647 e. The standard InChI is InChI=1S/C21H18NO6P/c1-24-17-6-10-19(11-7-17)26-29(23,27-20-12-8-18(25-2)9-13-20)28-21-5-3-4-16(14-21)15-22/h3-14H,1-2H3. The van der Waals surface area contributed by atoms with E-state index >= 15 is 0 Å². The van der Waals surface area contributed by atoms with Crippen LogP contribution in [-0.4, -0.2) is 14.2 Å². The molecular formula is C21H18NO6P. The molecule has 148 valence electrons. The molecule has 0 radical (unpaired) electrons. The Bertz CT molecular complexity index is 991. The molecule has 0 amide bonds. The molecule has 8 heteroatoms. The average Bonchev–Trinajstić information content (AvgIpc) is 2.74. The zero-order valence-electron chi connectivity index (χ0n) is 15.8. The Morgan fingerprint density at radius 3 is 1.59 bits per heavy atom. The molecule has 7 nitrogen and oxygen atoms in total. The predicted octanol–water partition coefficient (Wildman–Crippen LogP) is 5.22. The van der Waals surface area contributed by atoms with Crippen LogP contribution in [0.5, 0.6) is 28.7 Å². The smallest absolute Gasteiger partial charge is 0.497 e. The first-order valence-corrected chi connectivity index (χ1v) is 9.97. The average molecular weight is 411 g/mol. The summed E-state index contributed by atoms with van der Waals surface area (Å²) in [5, 5.41) is 9.07. The van der Waals surface area contributed by atoms with Crippen molar-refractivity contribution in [3.05, 3.63) is 78.4 Å². The topological polar surface area (TPSA) is 87.0 Å². The molecule has 3 aromatic carbocycles. The van der Waals surface area contributed by atoms with E-state index in [9.17, 15) is 4.57 Å². The van der Waals surface area contributed by atoms with Crippen molar-refractivity contribution in [2.45, 2.75) is 0 Å². The van der Waals surface area contributed by atoms with E-state index in [1.807, 2.05) is 6.07 Å². The number of methoxy groups -OCH3 is 2. The van der Waals surface area contributed by atoms with Crippen LogP contribution in [0.15, 0.2) is 72.8 Å². The highest BCUT2D eigenvalue weighted by Gasteiger charge is 2.33. The lowest BCUT2D eigenvalue weighted by molar-refractivity contribution is 0.298. The molecule has 0 heterocycles. The summed E-state index contributed by atoms with van der Waals surface area (Å²) < 4.78 is 40.4. The van der Waals surface area contributed by atoms with Crippen LogP contribution in [0.4, 0.5) is 0 Å². The van der Waals surface area contributed by atoms with E-state index in [-0.39, 0.29) is 17.2 Å². The summed E-state index contributed by atoms with van der Waals surface area (Å²) in [6, 6.07) is 21.2. The highest BCUT2D eigenvalue weighted by Crippen LogP contribution is 2.50. The van der Waals surface area contributed by atoms with Crippen LogP contribution in [0.2, 0.25) is 0 Å². The number of phosphoric ester groups is 1. The number of ether oxygens (including phenoxy) is 2. The first kappa shape index (κ1) is 20.1. The predicted molar refractivity (Wildman–Crippen MR) is 107 cm³/mol. The van der Waals surface area contributed by atoms with Gasteiger partial charge in [0.15, 0.2) is 0 Å². The number of phosphoric acid groups is 1. The normalized spacial score (nSPS) is 10.5. The molecule has 0 saturated carbocycles. The minimum Gasteiger partial charge on any atom is -0.497 e. The number of hydrogen-bond donors (Lipinski definition) is 0. The molecule has 0 aromatic heterocycles. The zero-order valence-corrected chi connectivity index (χ0v) is 16.7. The van der Waals surface area contributed by atoms with Crippen molar-refractivity contribution in [1.82, 2.24) is 0 Å². The van der Waals surface area contributed by atoms with E-state index in [0.717, 1.165) is 0 Å². The molecule has 0 N–H and O–H groups in total. The van der Waals surface area contributed by atoms with Gasteiger partial charge in [-0.15, -0.1) is 0 Å². The molecule has 0 unspecified atom stereocenters. The fraction of sp³-hybridized carbons (Fsp3) is 0.0952. The van der Waals surface area contributed by atoms with Gasteiger partial charge in [0, 0.05) is 0 Å². The highest BCUT2D eigenvalue weighted by atomic mass is 31.2. The Labute approximate surface area is 168 Å². The van der Waals surface area contributed by atoms with Crippen molar-refractivity contribution < 1.29 is 27.6 Å². The van der Waals surface area contributed by atoms with Crippen molar-refractivity contribution in [3.8, 4) is 34.8 Å². The third-order valence-corrected chi connectivity index (χ3v) is 5.04. The number of rotatable bonds is 8. The Kier molecular flexibility index (Phi) is 6.28. The second-order valence-corrected chi connectivity index (χ2v) is 7.15. The summed E-state index contributed by atoms with van der Waals surface area (Å²) in [4.78, 5) is 0. The Morgan fingerprint density at radius 1 is 0.690 bits per heavy atom. The Morgan fingerprint density at radius 2 is 1.14 bits per heavy atom. The highest BCUT2D eigenvalue weighted by molar-refractivity contribution is 7.49. The summed E-state index contributed by atoms with van der Waals surface area (Å²) in [6.07, 6.45) is 0. The van der Waals surface area contributed by atoms with Gasteiger partial charge in [-0.25, -0.2) is 0 Å². The van der Waals surface area contributed by atoms with Crippen LogP contribution < -0.4 is 23.0 Å². The van der Waals surface area contributed by atoms with Gasteiger partial charge >= 0.3 is 7.82 Å². The van der Waals surface area contributed by atoms with Crippen molar-refractivity contribution in [3.63, 3.8) is 0 Å². The summed E-state index contributed by atoms with van der Waals surface area (Å²) in [6.45, 7) is 0. The maximum atomic E-state index is 13.4. The second kappa shape index (κ2) is 9.05. The maximum Gasteiger partial charge on any atom is 0.647 e. The number of benzene rings is 3.